The number of carbonyl (C=O) groups excluding carboxylic acids is 6. The second-order valence-corrected chi connectivity index (χ2v) is 13.1. The fourth-order valence-corrected chi connectivity index (χ4v) is 5.86. The van der Waals surface area contributed by atoms with Crippen LogP contribution in [-0.2, 0) is 38.1 Å². The molecule has 0 saturated heterocycles. The van der Waals surface area contributed by atoms with E-state index in [9.17, 15) is 28.8 Å². The van der Waals surface area contributed by atoms with Gasteiger partial charge in [0.15, 0.2) is 0 Å². The molecule has 0 amide bonds. The summed E-state index contributed by atoms with van der Waals surface area (Å²) in [5.74, 6) is -3.56. The Balaban J connectivity index is 1.12. The van der Waals surface area contributed by atoms with Gasteiger partial charge < -0.3 is 28.4 Å². The standard InChI is InChI=1S/C40H48O12/c1-4-6-24-47-37(43)27-8-16-33(17-9-27)51-39(45)29-12-20-31(21-13-29)49-35(41)26(3)36(42)50-32-22-14-30(15-23-32)40(46)52-34-18-10-28(11-19-34)38(44)48-25-7-5-2/h8-11,16-19,29-32H,3-7,12-15,20-25H2,1-2H3. The third kappa shape index (κ3) is 12.1. The van der Waals surface area contributed by atoms with Gasteiger partial charge in [0, 0.05) is 0 Å². The van der Waals surface area contributed by atoms with Gasteiger partial charge in [-0.15, -0.1) is 0 Å². The minimum atomic E-state index is -0.873. The summed E-state index contributed by atoms with van der Waals surface area (Å²) in [4.78, 5) is 75.0. The summed E-state index contributed by atoms with van der Waals surface area (Å²) in [5.41, 5.74) is 0.327. The molecule has 0 radical (unpaired) electrons. The number of rotatable bonds is 16. The van der Waals surface area contributed by atoms with Crippen LogP contribution in [0.2, 0.25) is 0 Å². The minimum absolute atomic E-state index is 0.316. The quantitative estimate of drug-likeness (QED) is 0.0338. The second kappa shape index (κ2) is 20.1. The van der Waals surface area contributed by atoms with E-state index in [0.29, 0.717) is 87.2 Å². The summed E-state index contributed by atoms with van der Waals surface area (Å²) in [7, 11) is 0. The Bertz CT molecular complexity index is 1430. The first-order valence-electron chi connectivity index (χ1n) is 18.2. The third-order valence-corrected chi connectivity index (χ3v) is 9.13. The van der Waals surface area contributed by atoms with E-state index in [0.717, 1.165) is 25.7 Å². The maximum atomic E-state index is 12.7. The molecule has 4 rings (SSSR count). The van der Waals surface area contributed by atoms with Gasteiger partial charge in [0.1, 0.15) is 29.3 Å². The maximum absolute atomic E-state index is 12.7. The predicted octanol–water partition coefficient (Wildman–Crippen LogP) is 6.87. The molecule has 0 N–H and O–H groups in total. The zero-order valence-electron chi connectivity index (χ0n) is 29.9. The highest BCUT2D eigenvalue weighted by atomic mass is 16.6. The fourth-order valence-electron chi connectivity index (χ4n) is 5.86. The van der Waals surface area contributed by atoms with E-state index in [1.807, 2.05) is 13.8 Å². The number of hydrogen-bond acceptors (Lipinski definition) is 12. The Morgan fingerprint density at radius 1 is 0.558 bits per heavy atom. The van der Waals surface area contributed by atoms with Crippen molar-refractivity contribution in [3.8, 4) is 11.5 Å². The fraction of sp³-hybridized carbons (Fsp3) is 0.500. The Morgan fingerprint density at radius 2 is 0.904 bits per heavy atom. The Morgan fingerprint density at radius 3 is 1.23 bits per heavy atom. The zero-order chi connectivity index (χ0) is 37.5. The van der Waals surface area contributed by atoms with Crippen LogP contribution >= 0.6 is 0 Å². The summed E-state index contributed by atoms with van der Waals surface area (Å²) in [5, 5.41) is 0. The largest absolute Gasteiger partial charge is 0.462 e. The van der Waals surface area contributed by atoms with Crippen molar-refractivity contribution in [2.24, 2.45) is 11.8 Å². The molecule has 2 saturated carbocycles. The third-order valence-electron chi connectivity index (χ3n) is 9.13. The lowest BCUT2D eigenvalue weighted by atomic mass is 9.87. The van der Waals surface area contributed by atoms with Crippen molar-refractivity contribution < 1.29 is 57.2 Å². The van der Waals surface area contributed by atoms with Crippen LogP contribution in [0.15, 0.2) is 60.7 Å². The summed E-state index contributed by atoms with van der Waals surface area (Å²) in [6.45, 7) is 8.30. The van der Waals surface area contributed by atoms with Crippen LogP contribution in [0.5, 0.6) is 11.5 Å². The first kappa shape index (κ1) is 39.8. The van der Waals surface area contributed by atoms with Crippen molar-refractivity contribution >= 4 is 35.8 Å². The average molecular weight is 721 g/mol. The van der Waals surface area contributed by atoms with Crippen LogP contribution < -0.4 is 9.47 Å². The van der Waals surface area contributed by atoms with Crippen LogP contribution in [0.1, 0.15) is 112 Å². The molecule has 0 heterocycles. The van der Waals surface area contributed by atoms with Gasteiger partial charge in [-0.1, -0.05) is 33.3 Å². The van der Waals surface area contributed by atoms with Gasteiger partial charge in [-0.05, 0) is 113 Å². The molecule has 0 aliphatic heterocycles. The van der Waals surface area contributed by atoms with Gasteiger partial charge in [-0.2, -0.15) is 0 Å². The Hall–Kier alpha value is -5.00. The second-order valence-electron chi connectivity index (χ2n) is 13.1. The first-order chi connectivity index (χ1) is 25.1. The molecule has 2 aliphatic rings. The van der Waals surface area contributed by atoms with Gasteiger partial charge >= 0.3 is 35.8 Å². The number of carbonyl (C=O) groups is 6. The first-order valence-corrected chi connectivity index (χ1v) is 18.2. The van der Waals surface area contributed by atoms with Crippen LogP contribution in [0.25, 0.3) is 0 Å². The van der Waals surface area contributed by atoms with Crippen LogP contribution in [0, 0.1) is 11.8 Å². The molecule has 0 bridgehead atoms. The molecule has 0 unspecified atom stereocenters. The zero-order valence-corrected chi connectivity index (χ0v) is 29.9. The van der Waals surface area contributed by atoms with E-state index in [-0.39, 0.29) is 11.8 Å². The molecule has 12 nitrogen and oxygen atoms in total. The van der Waals surface area contributed by atoms with E-state index in [1.54, 1.807) is 48.5 Å². The van der Waals surface area contributed by atoms with E-state index >= 15 is 0 Å². The van der Waals surface area contributed by atoms with E-state index in [1.165, 1.54) is 0 Å². The number of benzene rings is 2. The van der Waals surface area contributed by atoms with Gasteiger partial charge in [-0.25, -0.2) is 19.2 Å². The number of unbranched alkanes of at least 4 members (excludes halogenated alkanes) is 2. The molecule has 280 valence electrons. The van der Waals surface area contributed by atoms with Gasteiger partial charge in [-0.3, -0.25) is 9.59 Å². The van der Waals surface area contributed by atoms with Gasteiger partial charge in [0.05, 0.1) is 36.2 Å². The highest BCUT2D eigenvalue weighted by Crippen LogP contribution is 2.30. The number of ether oxygens (including phenoxy) is 6. The van der Waals surface area contributed by atoms with Crippen molar-refractivity contribution in [2.45, 2.75) is 103 Å². The Labute approximate surface area is 304 Å². The number of hydrogen-bond donors (Lipinski definition) is 0. The van der Waals surface area contributed by atoms with Gasteiger partial charge in [0.2, 0.25) is 0 Å². The van der Waals surface area contributed by atoms with E-state index < -0.39 is 53.6 Å². The highest BCUT2D eigenvalue weighted by molar-refractivity contribution is 6.13. The van der Waals surface area contributed by atoms with Gasteiger partial charge in [0.25, 0.3) is 0 Å². The van der Waals surface area contributed by atoms with Crippen LogP contribution in [0.4, 0.5) is 0 Å². The molecular weight excluding hydrogens is 672 g/mol. The topological polar surface area (TPSA) is 158 Å². The molecular formula is C40H48O12. The highest BCUT2D eigenvalue weighted by Gasteiger charge is 2.33. The molecule has 0 aromatic heterocycles. The smallest absolute Gasteiger partial charge is 0.345 e. The van der Waals surface area contributed by atoms with Crippen molar-refractivity contribution in [3.63, 3.8) is 0 Å². The molecule has 12 heteroatoms. The van der Waals surface area contributed by atoms with Crippen molar-refractivity contribution in [3.05, 3.63) is 71.8 Å². The summed E-state index contributed by atoms with van der Waals surface area (Å²) >= 11 is 0. The summed E-state index contributed by atoms with van der Waals surface area (Å²) < 4.78 is 32.4. The van der Waals surface area contributed by atoms with Crippen molar-refractivity contribution in [1.82, 2.24) is 0 Å². The molecule has 2 aliphatic carbocycles. The normalized spacial score (nSPS) is 19.7. The molecule has 0 atom stereocenters. The predicted molar refractivity (Wildman–Crippen MR) is 187 cm³/mol. The van der Waals surface area contributed by atoms with Crippen molar-refractivity contribution in [1.29, 1.82) is 0 Å². The minimum Gasteiger partial charge on any atom is -0.462 e. The average Bonchev–Trinajstić information content (AvgIpc) is 3.15. The lowest BCUT2D eigenvalue weighted by Gasteiger charge is -2.28. The number of esters is 6. The summed E-state index contributed by atoms with van der Waals surface area (Å²) in [6.07, 6.45) is 5.79. The molecule has 52 heavy (non-hydrogen) atoms. The van der Waals surface area contributed by atoms with E-state index in [2.05, 4.69) is 6.58 Å². The van der Waals surface area contributed by atoms with E-state index in [4.69, 9.17) is 28.4 Å². The molecule has 0 spiro atoms. The molecule has 2 fully saturated rings. The van der Waals surface area contributed by atoms with Crippen molar-refractivity contribution in [2.75, 3.05) is 13.2 Å². The van der Waals surface area contributed by atoms with Crippen LogP contribution in [0.3, 0.4) is 0 Å². The molecule has 2 aromatic rings. The van der Waals surface area contributed by atoms with Crippen LogP contribution in [-0.4, -0.2) is 61.2 Å². The molecule has 2 aromatic carbocycles. The maximum Gasteiger partial charge on any atom is 0.345 e. The SMILES string of the molecule is C=C(C(=O)OC1CCC(C(=O)Oc2ccc(C(=O)OCCCC)cc2)CC1)C(=O)OC1CCC(C(=O)Oc2ccc(C(=O)OCCCC)cc2)CC1. The lowest BCUT2D eigenvalue weighted by Crippen LogP contribution is -2.33. The Kier molecular flexibility index (Phi) is 15.4. The monoisotopic (exact) mass is 720 g/mol. The summed E-state index contributed by atoms with van der Waals surface area (Å²) in [6, 6.07) is 12.4. The lowest BCUT2D eigenvalue weighted by molar-refractivity contribution is -0.155.